The summed E-state index contributed by atoms with van der Waals surface area (Å²) in [5.41, 5.74) is 8.29. The van der Waals surface area contributed by atoms with Crippen LogP contribution in [0, 0.1) is 20.8 Å². The van der Waals surface area contributed by atoms with Gasteiger partial charge in [-0.15, -0.1) is 0 Å². The van der Waals surface area contributed by atoms with Gasteiger partial charge in [-0.1, -0.05) is 12.1 Å². The quantitative estimate of drug-likeness (QED) is 0.850. The Balaban J connectivity index is 2.46. The van der Waals surface area contributed by atoms with Gasteiger partial charge in [0.15, 0.2) is 0 Å². The Morgan fingerprint density at radius 2 is 1.85 bits per heavy atom. The topological polar surface area (TPSA) is 85.1 Å². The lowest BCUT2D eigenvalue weighted by Crippen LogP contribution is -2.17. The molecule has 0 amide bonds. The van der Waals surface area contributed by atoms with Crippen LogP contribution in [0.1, 0.15) is 16.8 Å². The Bertz CT molecular complexity index is 715. The highest BCUT2D eigenvalue weighted by Gasteiger charge is 2.20. The van der Waals surface area contributed by atoms with Gasteiger partial charge in [0.2, 0.25) is 0 Å². The van der Waals surface area contributed by atoms with Crippen molar-refractivity contribution in [1.29, 1.82) is 0 Å². The van der Waals surface area contributed by atoms with Gasteiger partial charge in [-0.2, -0.15) is 0 Å². The molecular formula is C14H17N3O2S. The van der Waals surface area contributed by atoms with E-state index in [1.54, 1.807) is 31.2 Å². The number of benzene rings is 1. The number of nitrogens with two attached hydrogens (primary N) is 1. The largest absolute Gasteiger partial charge is 0.398 e. The third-order valence-electron chi connectivity index (χ3n) is 2.85. The Kier molecular flexibility index (Phi) is 3.67. The van der Waals surface area contributed by atoms with Gasteiger partial charge in [0.1, 0.15) is 10.7 Å². The fourth-order valence-corrected chi connectivity index (χ4v) is 3.48. The highest BCUT2D eigenvalue weighted by molar-refractivity contribution is 7.93. The van der Waals surface area contributed by atoms with Crippen LogP contribution in [0.5, 0.6) is 0 Å². The first-order valence-corrected chi connectivity index (χ1v) is 7.61. The van der Waals surface area contributed by atoms with Crippen LogP contribution in [0.3, 0.4) is 0 Å². The number of rotatable bonds is 3. The van der Waals surface area contributed by atoms with Crippen LogP contribution in [0.15, 0.2) is 35.2 Å². The van der Waals surface area contributed by atoms with Gasteiger partial charge in [-0.25, -0.2) is 13.4 Å². The summed E-state index contributed by atoms with van der Waals surface area (Å²) in [4.78, 5) is 4.27. The minimum absolute atomic E-state index is 0.0981. The second-order valence-corrected chi connectivity index (χ2v) is 6.39. The average molecular weight is 291 g/mol. The maximum atomic E-state index is 12.4. The molecule has 0 bridgehead atoms. The number of anilines is 2. The van der Waals surface area contributed by atoms with E-state index in [2.05, 4.69) is 9.71 Å². The number of aromatic nitrogens is 1. The fraction of sp³-hybridized carbons (Fsp3) is 0.214. The number of nitrogens with zero attached hydrogens (tertiary/aromatic N) is 1. The molecule has 6 heteroatoms. The van der Waals surface area contributed by atoms with E-state index in [0.717, 1.165) is 11.3 Å². The molecule has 0 aliphatic carbocycles. The highest BCUT2D eigenvalue weighted by Crippen LogP contribution is 2.24. The van der Waals surface area contributed by atoms with Crippen LogP contribution in [-0.2, 0) is 10.0 Å². The van der Waals surface area contributed by atoms with E-state index < -0.39 is 10.0 Å². The second kappa shape index (κ2) is 5.13. The maximum absolute atomic E-state index is 12.4. The van der Waals surface area contributed by atoms with Crippen molar-refractivity contribution in [3.05, 3.63) is 47.2 Å². The average Bonchev–Trinajstić information content (AvgIpc) is 2.25. The number of hydrogen-bond acceptors (Lipinski definition) is 4. The van der Waals surface area contributed by atoms with Gasteiger partial charge in [0.25, 0.3) is 10.0 Å². The molecule has 0 unspecified atom stereocenters. The first kappa shape index (κ1) is 14.3. The van der Waals surface area contributed by atoms with E-state index in [1.165, 1.54) is 0 Å². The van der Waals surface area contributed by atoms with E-state index in [1.807, 2.05) is 19.9 Å². The van der Waals surface area contributed by atoms with Gasteiger partial charge >= 0.3 is 0 Å². The molecule has 2 aromatic rings. The van der Waals surface area contributed by atoms with Crippen molar-refractivity contribution in [2.75, 3.05) is 10.5 Å². The van der Waals surface area contributed by atoms with E-state index in [9.17, 15) is 8.42 Å². The van der Waals surface area contributed by atoms with Crippen molar-refractivity contribution in [3.8, 4) is 0 Å². The zero-order valence-electron chi connectivity index (χ0n) is 11.6. The van der Waals surface area contributed by atoms with Crippen LogP contribution in [0.25, 0.3) is 0 Å². The predicted molar refractivity (Wildman–Crippen MR) is 80.1 cm³/mol. The van der Waals surface area contributed by atoms with Crippen molar-refractivity contribution in [3.63, 3.8) is 0 Å². The third kappa shape index (κ3) is 2.91. The van der Waals surface area contributed by atoms with Crippen molar-refractivity contribution >= 4 is 21.5 Å². The summed E-state index contributed by atoms with van der Waals surface area (Å²) in [6.07, 6.45) is 0. The lowest BCUT2D eigenvalue weighted by molar-refractivity contribution is 0.601. The molecular weight excluding hydrogens is 274 g/mol. The summed E-state index contributed by atoms with van der Waals surface area (Å²) >= 11 is 0. The molecule has 3 N–H and O–H groups in total. The van der Waals surface area contributed by atoms with E-state index in [0.29, 0.717) is 11.4 Å². The van der Waals surface area contributed by atoms with E-state index in [4.69, 9.17) is 5.73 Å². The predicted octanol–water partition coefficient (Wildman–Crippen LogP) is 2.39. The highest BCUT2D eigenvalue weighted by atomic mass is 32.2. The molecule has 0 aliphatic rings. The summed E-state index contributed by atoms with van der Waals surface area (Å²) < 4.78 is 27.3. The monoisotopic (exact) mass is 291 g/mol. The molecule has 0 saturated heterocycles. The SMILES string of the molecule is Cc1cc(C)nc(NS(=O)(=O)c2c(C)cccc2N)c1. The lowest BCUT2D eigenvalue weighted by atomic mass is 10.2. The van der Waals surface area contributed by atoms with Crippen LogP contribution >= 0.6 is 0 Å². The van der Waals surface area contributed by atoms with Crippen molar-refractivity contribution < 1.29 is 8.42 Å². The molecule has 0 saturated carbocycles. The standard InChI is InChI=1S/C14H17N3O2S/c1-9-7-11(3)16-13(8-9)17-20(18,19)14-10(2)5-4-6-12(14)15/h4-8H,15H2,1-3H3,(H,16,17). The number of sulfonamides is 1. The minimum Gasteiger partial charge on any atom is -0.398 e. The van der Waals surface area contributed by atoms with Crippen LogP contribution in [0.4, 0.5) is 11.5 Å². The van der Waals surface area contributed by atoms with Crippen LogP contribution < -0.4 is 10.5 Å². The number of hydrogen-bond donors (Lipinski definition) is 2. The molecule has 5 nitrogen and oxygen atoms in total. The van der Waals surface area contributed by atoms with Gasteiger partial charge in [-0.3, -0.25) is 4.72 Å². The summed E-state index contributed by atoms with van der Waals surface area (Å²) in [6, 6.07) is 8.55. The molecule has 20 heavy (non-hydrogen) atoms. The molecule has 0 spiro atoms. The van der Waals surface area contributed by atoms with Gasteiger partial charge in [0.05, 0.1) is 5.69 Å². The molecule has 106 valence electrons. The summed E-state index contributed by atoms with van der Waals surface area (Å²) in [5, 5.41) is 0. The number of pyridine rings is 1. The Morgan fingerprint density at radius 3 is 2.45 bits per heavy atom. The summed E-state index contributed by atoms with van der Waals surface area (Å²) in [7, 11) is -3.75. The van der Waals surface area contributed by atoms with Crippen molar-refractivity contribution in [2.24, 2.45) is 0 Å². The first-order chi connectivity index (χ1) is 9.29. The zero-order chi connectivity index (χ0) is 14.9. The molecule has 0 aliphatic heterocycles. The lowest BCUT2D eigenvalue weighted by Gasteiger charge is -2.12. The molecule has 2 rings (SSSR count). The van der Waals surface area contributed by atoms with Crippen molar-refractivity contribution in [2.45, 2.75) is 25.7 Å². The smallest absolute Gasteiger partial charge is 0.265 e. The van der Waals surface area contributed by atoms with Gasteiger partial charge < -0.3 is 5.73 Å². The molecule has 1 aromatic carbocycles. The van der Waals surface area contributed by atoms with Gasteiger partial charge in [-0.05, 0) is 50.1 Å². The number of nitrogen functional groups attached to an aromatic ring is 1. The third-order valence-corrected chi connectivity index (χ3v) is 4.42. The van der Waals surface area contributed by atoms with E-state index >= 15 is 0 Å². The van der Waals surface area contributed by atoms with Crippen molar-refractivity contribution in [1.82, 2.24) is 4.98 Å². The minimum atomic E-state index is -3.75. The maximum Gasteiger partial charge on any atom is 0.265 e. The zero-order valence-corrected chi connectivity index (χ0v) is 12.5. The Labute approximate surface area is 118 Å². The summed E-state index contributed by atoms with van der Waals surface area (Å²) in [6.45, 7) is 5.40. The van der Waals surface area contributed by atoms with Gasteiger partial charge in [0, 0.05) is 5.69 Å². The molecule has 1 aromatic heterocycles. The second-order valence-electron chi connectivity index (χ2n) is 4.77. The molecule has 0 atom stereocenters. The van der Waals surface area contributed by atoms with Crippen LogP contribution in [0.2, 0.25) is 0 Å². The Hall–Kier alpha value is -2.08. The molecule has 0 fully saturated rings. The van der Waals surface area contributed by atoms with E-state index in [-0.39, 0.29) is 10.6 Å². The first-order valence-electron chi connectivity index (χ1n) is 6.13. The summed E-state index contributed by atoms with van der Waals surface area (Å²) in [5.74, 6) is 0.296. The number of nitrogens with one attached hydrogen (secondary N) is 1. The Morgan fingerprint density at radius 1 is 1.15 bits per heavy atom. The fourth-order valence-electron chi connectivity index (χ4n) is 2.12. The normalized spacial score (nSPS) is 11.3. The molecule has 1 heterocycles. The van der Waals surface area contributed by atoms with Crippen LogP contribution in [-0.4, -0.2) is 13.4 Å². The number of aryl methyl sites for hydroxylation is 3. The molecule has 0 radical (unpaired) electrons.